The van der Waals surface area contributed by atoms with E-state index in [1.165, 1.54) is 22.2 Å². The first-order valence-corrected chi connectivity index (χ1v) is 7.14. The summed E-state index contributed by atoms with van der Waals surface area (Å²) in [6, 6.07) is 0. The van der Waals surface area contributed by atoms with Gasteiger partial charge in [0.2, 0.25) is 0 Å². The quantitative estimate of drug-likeness (QED) is 0.455. The van der Waals surface area contributed by atoms with Gasteiger partial charge in [-0.1, -0.05) is 12.2 Å². The number of fused-ring (bicyclic) bond motifs is 1. The van der Waals surface area contributed by atoms with Crippen LogP contribution in [0.4, 0.5) is 0 Å². The van der Waals surface area contributed by atoms with Gasteiger partial charge in [0, 0.05) is 24.4 Å². The van der Waals surface area contributed by atoms with Crippen LogP contribution < -0.4 is 0 Å². The lowest BCUT2D eigenvalue weighted by Crippen LogP contribution is -2.16. The summed E-state index contributed by atoms with van der Waals surface area (Å²) >= 11 is 8.53. The fraction of sp³-hybridized carbons (Fsp3) is 0.364. The predicted octanol–water partition coefficient (Wildman–Crippen LogP) is 3.25. The van der Waals surface area contributed by atoms with Gasteiger partial charge in [0.05, 0.1) is 0 Å². The summed E-state index contributed by atoms with van der Waals surface area (Å²) in [4.78, 5) is 12.9. The van der Waals surface area contributed by atoms with Crippen molar-refractivity contribution in [2.24, 2.45) is 0 Å². The maximum atomic E-state index is 5.30. The second-order valence-electron chi connectivity index (χ2n) is 3.90. The van der Waals surface area contributed by atoms with Gasteiger partial charge in [-0.2, -0.15) is 0 Å². The van der Waals surface area contributed by atoms with E-state index in [0.29, 0.717) is 0 Å². The molecule has 0 atom stereocenters. The Bertz CT molecular complexity index is 575. The van der Waals surface area contributed by atoms with E-state index in [-0.39, 0.29) is 0 Å². The lowest BCUT2D eigenvalue weighted by atomic mass is 10.2. The van der Waals surface area contributed by atoms with E-state index in [4.69, 9.17) is 12.2 Å². The molecule has 2 heterocycles. The molecule has 0 saturated carbocycles. The van der Waals surface area contributed by atoms with Crippen LogP contribution in [0.25, 0.3) is 10.2 Å². The molecule has 0 bridgehead atoms. The minimum absolute atomic E-state index is 0.813. The van der Waals surface area contributed by atoms with Crippen LogP contribution in [0.5, 0.6) is 0 Å². The maximum absolute atomic E-state index is 5.30. The molecule has 0 aromatic carbocycles. The lowest BCUT2D eigenvalue weighted by molar-refractivity contribution is 0.648. The Kier molecular flexibility index (Phi) is 3.65. The first kappa shape index (κ1) is 12.7. The summed E-state index contributed by atoms with van der Waals surface area (Å²) in [5.41, 5.74) is 1.26. The molecule has 90 valence electrons. The van der Waals surface area contributed by atoms with Gasteiger partial charge < -0.3 is 4.90 Å². The number of aryl methyl sites for hydroxylation is 2. The minimum atomic E-state index is 0.813. The summed E-state index contributed by atoms with van der Waals surface area (Å²) in [5.74, 6) is 0. The van der Waals surface area contributed by atoms with Crippen LogP contribution in [-0.2, 0) is 0 Å². The van der Waals surface area contributed by atoms with Crippen molar-refractivity contribution in [3.8, 4) is 0 Å². The number of rotatable bonds is 1. The first-order valence-electron chi connectivity index (χ1n) is 5.10. The molecule has 0 unspecified atom stereocenters. The molecule has 0 radical (unpaired) electrons. The molecular weight excluding hydrogens is 270 g/mol. The number of thiophene rings is 1. The van der Waals surface area contributed by atoms with E-state index in [0.717, 1.165) is 19.6 Å². The Morgan fingerprint density at radius 2 is 2.06 bits per heavy atom. The number of thiocarbonyl (C=S) groups is 1. The molecule has 0 N–H and O–H groups in total. The van der Waals surface area contributed by atoms with Crippen LogP contribution in [-0.4, -0.2) is 33.3 Å². The standard InChI is InChI=1S/C11H13N3S3/c1-6-7(2)16-9-8(6)10(13-5-12-9)17-11(15)14(3)4/h5H,1-4H3. The second kappa shape index (κ2) is 4.88. The predicted molar refractivity (Wildman–Crippen MR) is 79.0 cm³/mol. The minimum Gasteiger partial charge on any atom is -0.363 e. The number of hydrogen-bond acceptors (Lipinski definition) is 5. The smallest absolute Gasteiger partial charge is 0.142 e. The third-order valence-electron chi connectivity index (χ3n) is 2.48. The number of aromatic nitrogens is 2. The zero-order valence-corrected chi connectivity index (χ0v) is 12.6. The van der Waals surface area contributed by atoms with Crippen molar-refractivity contribution in [1.82, 2.24) is 14.9 Å². The van der Waals surface area contributed by atoms with Crippen LogP contribution in [0.2, 0.25) is 0 Å². The summed E-state index contributed by atoms with van der Waals surface area (Å²) in [7, 11) is 3.89. The highest BCUT2D eigenvalue weighted by Crippen LogP contribution is 2.34. The molecule has 0 saturated heterocycles. The van der Waals surface area contributed by atoms with Gasteiger partial charge in [-0.05, 0) is 31.2 Å². The van der Waals surface area contributed by atoms with Crippen molar-refractivity contribution >= 4 is 49.9 Å². The van der Waals surface area contributed by atoms with Gasteiger partial charge in [-0.15, -0.1) is 11.3 Å². The third-order valence-corrected chi connectivity index (χ3v) is 5.25. The van der Waals surface area contributed by atoms with Gasteiger partial charge in [-0.25, -0.2) is 9.97 Å². The zero-order chi connectivity index (χ0) is 12.6. The average Bonchev–Trinajstić information content (AvgIpc) is 2.56. The molecule has 17 heavy (non-hydrogen) atoms. The molecule has 0 fully saturated rings. The number of nitrogens with zero attached hydrogens (tertiary/aromatic N) is 3. The Labute approximate surface area is 114 Å². The Morgan fingerprint density at radius 1 is 1.35 bits per heavy atom. The molecule has 0 aliphatic carbocycles. The van der Waals surface area contributed by atoms with Crippen molar-refractivity contribution in [2.75, 3.05) is 14.1 Å². The van der Waals surface area contributed by atoms with Gasteiger partial charge in [0.25, 0.3) is 0 Å². The van der Waals surface area contributed by atoms with Crippen molar-refractivity contribution in [3.05, 3.63) is 16.8 Å². The number of thioether (sulfide) groups is 1. The molecule has 2 aromatic rings. The third kappa shape index (κ3) is 2.43. The molecule has 2 aromatic heterocycles. The van der Waals surface area contributed by atoms with Crippen molar-refractivity contribution in [2.45, 2.75) is 18.9 Å². The molecule has 0 amide bonds. The Balaban J connectivity index is 2.50. The van der Waals surface area contributed by atoms with E-state index in [2.05, 4.69) is 23.8 Å². The lowest BCUT2D eigenvalue weighted by Gasteiger charge is -2.12. The van der Waals surface area contributed by atoms with E-state index >= 15 is 0 Å². The van der Waals surface area contributed by atoms with Gasteiger partial charge >= 0.3 is 0 Å². The highest BCUT2D eigenvalue weighted by molar-refractivity contribution is 8.23. The number of hydrogen-bond donors (Lipinski definition) is 0. The fourth-order valence-electron chi connectivity index (χ4n) is 1.40. The molecule has 0 aliphatic rings. The SMILES string of the molecule is Cc1sc2ncnc(SC(=S)N(C)C)c2c1C. The maximum Gasteiger partial charge on any atom is 0.142 e. The molecule has 0 spiro atoms. The summed E-state index contributed by atoms with van der Waals surface area (Å²) < 4.78 is 0.813. The summed E-state index contributed by atoms with van der Waals surface area (Å²) in [5, 5.41) is 2.10. The van der Waals surface area contributed by atoms with E-state index in [9.17, 15) is 0 Å². The highest BCUT2D eigenvalue weighted by atomic mass is 32.2. The molecule has 6 heteroatoms. The van der Waals surface area contributed by atoms with E-state index in [1.54, 1.807) is 17.7 Å². The molecule has 2 rings (SSSR count). The largest absolute Gasteiger partial charge is 0.363 e. The van der Waals surface area contributed by atoms with Crippen LogP contribution in [0, 0.1) is 13.8 Å². The van der Waals surface area contributed by atoms with Crippen LogP contribution in [0.3, 0.4) is 0 Å². The summed E-state index contributed by atoms with van der Waals surface area (Å²) in [6.45, 7) is 4.22. The van der Waals surface area contributed by atoms with Gasteiger partial charge in [0.15, 0.2) is 0 Å². The monoisotopic (exact) mass is 283 g/mol. The van der Waals surface area contributed by atoms with Crippen molar-refractivity contribution in [3.63, 3.8) is 0 Å². The van der Waals surface area contributed by atoms with Gasteiger partial charge in [-0.3, -0.25) is 0 Å². The topological polar surface area (TPSA) is 29.0 Å². The molecular formula is C11H13N3S3. The van der Waals surface area contributed by atoms with Crippen molar-refractivity contribution in [1.29, 1.82) is 0 Å². The fourth-order valence-corrected chi connectivity index (χ4v) is 3.50. The van der Waals surface area contributed by atoms with Crippen LogP contribution >= 0.6 is 35.3 Å². The Morgan fingerprint density at radius 3 is 2.71 bits per heavy atom. The summed E-state index contributed by atoms with van der Waals surface area (Å²) in [6.07, 6.45) is 1.61. The molecule has 3 nitrogen and oxygen atoms in total. The molecule has 0 aliphatic heterocycles. The second-order valence-corrected chi connectivity index (χ2v) is 6.73. The van der Waals surface area contributed by atoms with Crippen molar-refractivity contribution < 1.29 is 0 Å². The van der Waals surface area contributed by atoms with E-state index in [1.807, 2.05) is 19.0 Å². The Hall–Kier alpha value is -0.720. The van der Waals surface area contributed by atoms with Gasteiger partial charge in [0.1, 0.15) is 20.5 Å². The normalized spacial score (nSPS) is 10.8. The first-order chi connectivity index (χ1) is 8.00. The zero-order valence-electron chi connectivity index (χ0n) is 10.1. The van der Waals surface area contributed by atoms with Crippen LogP contribution in [0.1, 0.15) is 10.4 Å². The van der Waals surface area contributed by atoms with Crippen LogP contribution in [0.15, 0.2) is 11.4 Å². The average molecular weight is 283 g/mol. The van der Waals surface area contributed by atoms with E-state index < -0.39 is 0 Å². The highest BCUT2D eigenvalue weighted by Gasteiger charge is 2.14.